The molecule has 2 aromatic rings. The summed E-state index contributed by atoms with van der Waals surface area (Å²) in [4.78, 5) is 14.7. The standard InChI is InChI=1S/C19H22N4O3S/c1-26-18-8-2-15(3-9-18)14-20-19(27)22-12-10-21(11-13-22)16-4-6-17(7-5-16)23(24)25/h2-9H,10-14H2,1H3,(H,20,27). The Morgan fingerprint density at radius 2 is 1.74 bits per heavy atom. The van der Waals surface area contributed by atoms with Gasteiger partial charge in [-0.15, -0.1) is 0 Å². The Bertz CT molecular complexity index is 788. The van der Waals surface area contributed by atoms with E-state index in [1.807, 2.05) is 24.3 Å². The molecule has 1 aliphatic rings. The molecule has 7 nitrogen and oxygen atoms in total. The van der Waals surface area contributed by atoms with E-state index in [4.69, 9.17) is 17.0 Å². The normalized spacial score (nSPS) is 14.0. The Hall–Kier alpha value is -2.87. The Morgan fingerprint density at radius 1 is 1.11 bits per heavy atom. The fourth-order valence-electron chi connectivity index (χ4n) is 2.99. The van der Waals surface area contributed by atoms with E-state index < -0.39 is 0 Å². The number of hydrogen-bond acceptors (Lipinski definition) is 5. The first-order valence-electron chi connectivity index (χ1n) is 8.72. The van der Waals surface area contributed by atoms with Crippen molar-refractivity contribution < 1.29 is 9.66 Å². The molecule has 0 amide bonds. The van der Waals surface area contributed by atoms with Crippen molar-refractivity contribution in [2.75, 3.05) is 38.2 Å². The van der Waals surface area contributed by atoms with Crippen molar-refractivity contribution in [2.24, 2.45) is 0 Å². The molecule has 0 spiro atoms. The van der Waals surface area contributed by atoms with Crippen molar-refractivity contribution in [1.29, 1.82) is 0 Å². The highest BCUT2D eigenvalue weighted by Gasteiger charge is 2.19. The molecule has 1 N–H and O–H groups in total. The summed E-state index contributed by atoms with van der Waals surface area (Å²) in [5.74, 6) is 0.837. The van der Waals surface area contributed by atoms with Crippen LogP contribution in [0.15, 0.2) is 48.5 Å². The monoisotopic (exact) mass is 386 g/mol. The van der Waals surface area contributed by atoms with Crippen molar-refractivity contribution in [3.8, 4) is 5.75 Å². The Morgan fingerprint density at radius 3 is 2.30 bits per heavy atom. The van der Waals surface area contributed by atoms with Gasteiger partial charge in [-0.2, -0.15) is 0 Å². The van der Waals surface area contributed by atoms with Gasteiger partial charge in [0.1, 0.15) is 5.75 Å². The highest BCUT2D eigenvalue weighted by atomic mass is 32.1. The molecule has 1 aliphatic heterocycles. The third kappa shape index (κ3) is 4.85. The number of ether oxygens (including phenoxy) is 1. The maximum absolute atomic E-state index is 10.8. The van der Waals surface area contributed by atoms with Gasteiger partial charge in [0.2, 0.25) is 0 Å². The van der Waals surface area contributed by atoms with Gasteiger partial charge in [0.05, 0.1) is 12.0 Å². The number of anilines is 1. The molecule has 0 atom stereocenters. The molecule has 0 unspecified atom stereocenters. The van der Waals surface area contributed by atoms with Gasteiger partial charge in [0, 0.05) is 50.5 Å². The zero-order chi connectivity index (χ0) is 19.2. The highest BCUT2D eigenvalue weighted by molar-refractivity contribution is 7.80. The van der Waals surface area contributed by atoms with E-state index in [2.05, 4.69) is 15.1 Å². The fraction of sp³-hybridized carbons (Fsp3) is 0.316. The van der Waals surface area contributed by atoms with Crippen LogP contribution in [0, 0.1) is 10.1 Å². The van der Waals surface area contributed by atoms with Gasteiger partial charge in [0.25, 0.3) is 5.69 Å². The van der Waals surface area contributed by atoms with Crippen LogP contribution in [-0.4, -0.2) is 48.2 Å². The number of nitrogens with one attached hydrogen (secondary N) is 1. The molecular formula is C19H22N4O3S. The summed E-state index contributed by atoms with van der Waals surface area (Å²) in [5.41, 5.74) is 2.25. The summed E-state index contributed by atoms with van der Waals surface area (Å²) >= 11 is 5.52. The molecule has 0 aliphatic carbocycles. The Balaban J connectivity index is 1.47. The average Bonchev–Trinajstić information content (AvgIpc) is 2.72. The molecule has 0 bridgehead atoms. The van der Waals surface area contributed by atoms with E-state index in [0.29, 0.717) is 6.54 Å². The second kappa shape index (κ2) is 8.68. The van der Waals surface area contributed by atoms with Gasteiger partial charge in [-0.05, 0) is 42.0 Å². The van der Waals surface area contributed by atoms with Crippen LogP contribution >= 0.6 is 12.2 Å². The van der Waals surface area contributed by atoms with Crippen molar-refractivity contribution in [2.45, 2.75) is 6.54 Å². The quantitative estimate of drug-likeness (QED) is 0.481. The summed E-state index contributed by atoms with van der Waals surface area (Å²) < 4.78 is 5.16. The van der Waals surface area contributed by atoms with Gasteiger partial charge in [-0.3, -0.25) is 10.1 Å². The van der Waals surface area contributed by atoms with Crippen LogP contribution in [0.2, 0.25) is 0 Å². The van der Waals surface area contributed by atoms with Crippen molar-refractivity contribution in [1.82, 2.24) is 10.2 Å². The maximum Gasteiger partial charge on any atom is 0.269 e. The van der Waals surface area contributed by atoms with E-state index in [-0.39, 0.29) is 10.6 Å². The lowest BCUT2D eigenvalue weighted by atomic mass is 10.2. The molecular weight excluding hydrogens is 364 g/mol. The number of thiocarbonyl (C=S) groups is 1. The van der Waals surface area contributed by atoms with Crippen LogP contribution in [-0.2, 0) is 6.54 Å². The van der Waals surface area contributed by atoms with Crippen molar-refractivity contribution in [3.63, 3.8) is 0 Å². The number of nitro groups is 1. The molecule has 0 saturated carbocycles. The lowest BCUT2D eigenvalue weighted by Gasteiger charge is -2.37. The average molecular weight is 386 g/mol. The fourth-order valence-corrected chi connectivity index (χ4v) is 3.24. The van der Waals surface area contributed by atoms with Gasteiger partial charge in [0.15, 0.2) is 5.11 Å². The zero-order valence-corrected chi connectivity index (χ0v) is 15.9. The molecule has 8 heteroatoms. The van der Waals surface area contributed by atoms with Gasteiger partial charge in [-0.25, -0.2) is 0 Å². The molecule has 0 radical (unpaired) electrons. The third-order valence-corrected chi connectivity index (χ3v) is 5.00. The number of hydrogen-bond donors (Lipinski definition) is 1. The number of non-ortho nitro benzene ring substituents is 1. The summed E-state index contributed by atoms with van der Waals surface area (Å²) in [6, 6.07) is 14.6. The first-order chi connectivity index (χ1) is 13.1. The molecule has 1 fully saturated rings. The lowest BCUT2D eigenvalue weighted by molar-refractivity contribution is -0.384. The van der Waals surface area contributed by atoms with Gasteiger partial charge in [-0.1, -0.05) is 12.1 Å². The molecule has 1 saturated heterocycles. The number of nitro benzene ring substituents is 1. The van der Waals surface area contributed by atoms with Crippen LogP contribution < -0.4 is 15.0 Å². The summed E-state index contributed by atoms with van der Waals surface area (Å²) in [6.45, 7) is 3.94. The smallest absolute Gasteiger partial charge is 0.269 e. The van der Waals surface area contributed by atoms with E-state index in [1.165, 1.54) is 0 Å². The number of methoxy groups -OCH3 is 1. The van der Waals surface area contributed by atoms with Crippen molar-refractivity contribution >= 4 is 28.7 Å². The van der Waals surface area contributed by atoms with E-state index in [1.54, 1.807) is 31.4 Å². The second-order valence-corrected chi connectivity index (χ2v) is 6.64. The zero-order valence-electron chi connectivity index (χ0n) is 15.1. The van der Waals surface area contributed by atoms with Crippen molar-refractivity contribution in [3.05, 3.63) is 64.2 Å². The van der Waals surface area contributed by atoms with Crippen LogP contribution in [0.5, 0.6) is 5.75 Å². The number of benzene rings is 2. The van der Waals surface area contributed by atoms with E-state index >= 15 is 0 Å². The largest absolute Gasteiger partial charge is 0.497 e. The maximum atomic E-state index is 10.8. The molecule has 2 aromatic carbocycles. The number of nitrogens with zero attached hydrogens (tertiary/aromatic N) is 3. The minimum absolute atomic E-state index is 0.112. The third-order valence-electron chi connectivity index (χ3n) is 4.60. The molecule has 1 heterocycles. The predicted molar refractivity (Wildman–Crippen MR) is 109 cm³/mol. The van der Waals surface area contributed by atoms with E-state index in [9.17, 15) is 10.1 Å². The molecule has 27 heavy (non-hydrogen) atoms. The van der Waals surface area contributed by atoms with Gasteiger partial charge < -0.3 is 19.9 Å². The SMILES string of the molecule is COc1ccc(CNC(=S)N2CCN(c3ccc([N+](=O)[O-])cc3)CC2)cc1. The van der Waals surface area contributed by atoms with Crippen LogP contribution in [0.3, 0.4) is 0 Å². The number of rotatable bonds is 5. The predicted octanol–water partition coefficient (Wildman–Crippen LogP) is 2.80. The molecule has 3 rings (SSSR count). The molecule has 0 aromatic heterocycles. The second-order valence-electron chi connectivity index (χ2n) is 6.25. The Kier molecular flexibility index (Phi) is 6.08. The highest BCUT2D eigenvalue weighted by Crippen LogP contribution is 2.20. The van der Waals surface area contributed by atoms with Crippen LogP contribution in [0.4, 0.5) is 11.4 Å². The topological polar surface area (TPSA) is 70.9 Å². The summed E-state index contributed by atoms with van der Waals surface area (Å²) in [5, 5.41) is 14.8. The van der Waals surface area contributed by atoms with Crippen LogP contribution in [0.25, 0.3) is 0 Å². The summed E-state index contributed by atoms with van der Waals surface area (Å²) in [7, 11) is 1.65. The minimum Gasteiger partial charge on any atom is -0.497 e. The Labute approximate surface area is 163 Å². The first kappa shape index (κ1) is 18.9. The van der Waals surface area contributed by atoms with Gasteiger partial charge >= 0.3 is 0 Å². The molecule has 142 valence electrons. The van der Waals surface area contributed by atoms with Crippen LogP contribution in [0.1, 0.15) is 5.56 Å². The van der Waals surface area contributed by atoms with E-state index in [0.717, 1.165) is 48.3 Å². The summed E-state index contributed by atoms with van der Waals surface area (Å²) in [6.07, 6.45) is 0. The minimum atomic E-state index is -0.380. The lowest BCUT2D eigenvalue weighted by Crippen LogP contribution is -2.51. The first-order valence-corrected chi connectivity index (χ1v) is 9.13. The number of piperazine rings is 1.